The zero-order valence-corrected chi connectivity index (χ0v) is 18.7. The molecule has 3 rings (SSSR count). The van der Waals surface area contributed by atoms with Gasteiger partial charge >= 0.3 is 0 Å². The fraction of sp³-hybridized carbons (Fsp3) is 0.739. The first kappa shape index (κ1) is 21.1. The Kier molecular flexibility index (Phi) is 8.47. The van der Waals surface area contributed by atoms with Crippen molar-refractivity contribution in [1.29, 1.82) is 0 Å². The molecule has 27 heavy (non-hydrogen) atoms. The molecule has 0 amide bonds. The average Bonchev–Trinajstić information content (AvgIpc) is 2.71. The van der Waals surface area contributed by atoms with Gasteiger partial charge in [0.2, 0.25) is 0 Å². The summed E-state index contributed by atoms with van der Waals surface area (Å²) in [5.41, 5.74) is 1.39. The van der Waals surface area contributed by atoms with Crippen molar-refractivity contribution in [3.8, 4) is 5.75 Å². The van der Waals surface area contributed by atoms with Crippen LogP contribution in [0.5, 0.6) is 5.75 Å². The molecule has 1 saturated carbocycles. The van der Waals surface area contributed by atoms with Crippen molar-refractivity contribution in [2.75, 3.05) is 33.9 Å². The second kappa shape index (κ2) is 10.8. The molecule has 1 aliphatic heterocycles. The van der Waals surface area contributed by atoms with E-state index in [9.17, 15) is 0 Å². The quantitative estimate of drug-likeness (QED) is 0.520. The Bertz CT molecular complexity index is 563. The van der Waals surface area contributed by atoms with Gasteiger partial charge in [0.25, 0.3) is 0 Å². The molecule has 1 aromatic rings. The molecule has 2 aliphatic rings. The second-order valence-electron chi connectivity index (χ2n) is 8.47. The maximum absolute atomic E-state index is 5.49. The highest BCUT2D eigenvalue weighted by Crippen LogP contribution is 2.31. The number of rotatable bonds is 8. The Morgan fingerprint density at radius 2 is 1.74 bits per heavy atom. The maximum Gasteiger partial charge on any atom is 0.119 e. The van der Waals surface area contributed by atoms with Gasteiger partial charge in [-0.05, 0) is 113 Å². The monoisotopic (exact) mass is 437 g/mol. The minimum Gasteiger partial charge on any atom is -0.497 e. The van der Waals surface area contributed by atoms with Crippen LogP contribution >= 0.6 is 15.9 Å². The minimum absolute atomic E-state index is 0.532. The van der Waals surface area contributed by atoms with Crippen LogP contribution in [0.1, 0.15) is 56.9 Å². The SMILES string of the molecule is COc1ccc(Br)c(CC2CCN(CCCC3CCC(OC)CC3)CC2)c1. The zero-order valence-electron chi connectivity index (χ0n) is 17.1. The van der Waals surface area contributed by atoms with E-state index >= 15 is 0 Å². The average molecular weight is 438 g/mol. The number of hydrogen-bond donors (Lipinski definition) is 0. The Morgan fingerprint density at radius 1 is 1.00 bits per heavy atom. The lowest BCUT2D eigenvalue weighted by atomic mass is 9.84. The molecule has 1 heterocycles. The molecule has 0 aromatic heterocycles. The lowest BCUT2D eigenvalue weighted by Crippen LogP contribution is -2.35. The van der Waals surface area contributed by atoms with Gasteiger partial charge in [-0.3, -0.25) is 0 Å². The summed E-state index contributed by atoms with van der Waals surface area (Å²) in [5.74, 6) is 2.71. The predicted molar refractivity (Wildman–Crippen MR) is 116 cm³/mol. The fourth-order valence-electron chi connectivity index (χ4n) is 4.82. The number of halogens is 1. The van der Waals surface area contributed by atoms with Crippen LogP contribution in [0.2, 0.25) is 0 Å². The summed E-state index contributed by atoms with van der Waals surface area (Å²) in [7, 11) is 3.61. The van der Waals surface area contributed by atoms with Crippen molar-refractivity contribution in [3.05, 3.63) is 28.2 Å². The van der Waals surface area contributed by atoms with Gasteiger partial charge in [-0.25, -0.2) is 0 Å². The largest absolute Gasteiger partial charge is 0.497 e. The topological polar surface area (TPSA) is 21.7 Å². The van der Waals surface area contributed by atoms with Crippen LogP contribution in [0.25, 0.3) is 0 Å². The molecule has 0 N–H and O–H groups in total. The molecule has 0 radical (unpaired) electrons. The Morgan fingerprint density at radius 3 is 2.41 bits per heavy atom. The van der Waals surface area contributed by atoms with Crippen molar-refractivity contribution < 1.29 is 9.47 Å². The molecule has 4 heteroatoms. The summed E-state index contributed by atoms with van der Waals surface area (Å²) in [5, 5.41) is 0. The summed E-state index contributed by atoms with van der Waals surface area (Å²) in [6.45, 7) is 3.82. The van der Waals surface area contributed by atoms with Gasteiger partial charge in [-0.1, -0.05) is 15.9 Å². The first-order chi connectivity index (χ1) is 13.2. The predicted octanol–water partition coefficient (Wildman–Crippen LogP) is 5.70. The third-order valence-electron chi connectivity index (χ3n) is 6.68. The molecular weight excluding hydrogens is 402 g/mol. The van der Waals surface area contributed by atoms with E-state index in [0.717, 1.165) is 24.0 Å². The summed E-state index contributed by atoms with van der Waals surface area (Å²) < 4.78 is 12.1. The number of methoxy groups -OCH3 is 2. The van der Waals surface area contributed by atoms with Crippen molar-refractivity contribution in [2.24, 2.45) is 11.8 Å². The first-order valence-corrected chi connectivity index (χ1v) is 11.5. The number of benzene rings is 1. The molecule has 1 aromatic carbocycles. The van der Waals surface area contributed by atoms with Crippen molar-refractivity contribution >= 4 is 15.9 Å². The van der Waals surface area contributed by atoms with Gasteiger partial charge in [0.1, 0.15) is 5.75 Å². The molecule has 1 saturated heterocycles. The molecule has 0 bridgehead atoms. The van der Waals surface area contributed by atoms with Crippen LogP contribution in [0.15, 0.2) is 22.7 Å². The third-order valence-corrected chi connectivity index (χ3v) is 7.46. The number of likely N-dealkylation sites (tertiary alicyclic amines) is 1. The van der Waals surface area contributed by atoms with Gasteiger partial charge in [0.05, 0.1) is 13.2 Å². The van der Waals surface area contributed by atoms with Crippen molar-refractivity contribution in [2.45, 2.75) is 63.9 Å². The van der Waals surface area contributed by atoms with Crippen molar-refractivity contribution in [3.63, 3.8) is 0 Å². The molecule has 0 spiro atoms. The Hall–Kier alpha value is -0.580. The molecular formula is C23H36BrNO2. The molecule has 2 fully saturated rings. The van der Waals surface area contributed by atoms with E-state index in [1.165, 1.54) is 81.0 Å². The number of ether oxygens (including phenoxy) is 2. The van der Waals surface area contributed by atoms with E-state index in [1.807, 2.05) is 13.2 Å². The number of piperidine rings is 1. The van der Waals surface area contributed by atoms with E-state index < -0.39 is 0 Å². The van der Waals surface area contributed by atoms with E-state index in [-0.39, 0.29) is 0 Å². The number of hydrogen-bond acceptors (Lipinski definition) is 3. The smallest absolute Gasteiger partial charge is 0.119 e. The highest BCUT2D eigenvalue weighted by atomic mass is 79.9. The standard InChI is InChI=1S/C23H36BrNO2/c1-26-21-7-5-18(6-8-21)4-3-13-25-14-11-19(12-15-25)16-20-17-22(27-2)9-10-23(20)24/h9-10,17-19,21H,3-8,11-16H2,1-2H3. The summed E-state index contributed by atoms with van der Waals surface area (Å²) in [6.07, 6.45) is 12.4. The van der Waals surface area contributed by atoms with Gasteiger partial charge in [0.15, 0.2) is 0 Å². The van der Waals surface area contributed by atoms with Crippen molar-refractivity contribution in [1.82, 2.24) is 4.90 Å². The Labute approximate surface area is 173 Å². The summed E-state index contributed by atoms with van der Waals surface area (Å²) in [6, 6.07) is 6.33. The third kappa shape index (κ3) is 6.47. The second-order valence-corrected chi connectivity index (χ2v) is 9.32. The molecule has 0 unspecified atom stereocenters. The molecule has 0 atom stereocenters. The van der Waals surface area contributed by atoms with Crippen LogP contribution < -0.4 is 4.74 Å². The zero-order chi connectivity index (χ0) is 19.1. The van der Waals surface area contributed by atoms with Crippen LogP contribution in [-0.4, -0.2) is 44.9 Å². The highest BCUT2D eigenvalue weighted by Gasteiger charge is 2.22. The maximum atomic E-state index is 5.49. The first-order valence-electron chi connectivity index (χ1n) is 10.8. The lowest BCUT2D eigenvalue weighted by Gasteiger charge is -2.33. The van der Waals surface area contributed by atoms with Gasteiger partial charge in [0, 0.05) is 11.6 Å². The van der Waals surface area contributed by atoms with Crippen LogP contribution in [0.4, 0.5) is 0 Å². The Balaban J connectivity index is 1.33. The van der Waals surface area contributed by atoms with Crippen LogP contribution in [-0.2, 0) is 11.2 Å². The van der Waals surface area contributed by atoms with E-state index in [2.05, 4.69) is 33.0 Å². The lowest BCUT2D eigenvalue weighted by molar-refractivity contribution is 0.0545. The molecule has 152 valence electrons. The normalized spacial score (nSPS) is 24.9. The highest BCUT2D eigenvalue weighted by molar-refractivity contribution is 9.10. The summed E-state index contributed by atoms with van der Waals surface area (Å²) in [4.78, 5) is 2.69. The van der Waals surface area contributed by atoms with Crippen LogP contribution in [0, 0.1) is 11.8 Å². The fourth-order valence-corrected chi connectivity index (χ4v) is 5.23. The van der Waals surface area contributed by atoms with Gasteiger partial charge in [-0.15, -0.1) is 0 Å². The number of nitrogens with zero attached hydrogens (tertiary/aromatic N) is 1. The minimum atomic E-state index is 0.532. The molecule has 1 aliphatic carbocycles. The molecule has 3 nitrogen and oxygen atoms in total. The van der Waals surface area contributed by atoms with E-state index in [1.54, 1.807) is 7.11 Å². The summed E-state index contributed by atoms with van der Waals surface area (Å²) >= 11 is 3.70. The van der Waals surface area contributed by atoms with Crippen LogP contribution in [0.3, 0.4) is 0 Å². The van der Waals surface area contributed by atoms with Gasteiger partial charge in [-0.2, -0.15) is 0 Å². The van der Waals surface area contributed by atoms with E-state index in [0.29, 0.717) is 6.10 Å². The van der Waals surface area contributed by atoms with E-state index in [4.69, 9.17) is 9.47 Å². The van der Waals surface area contributed by atoms with Gasteiger partial charge < -0.3 is 14.4 Å².